The molecule has 2 N–H and O–H groups in total. The molecule has 4 nitrogen and oxygen atoms in total. The van der Waals surface area contributed by atoms with Gasteiger partial charge in [-0.25, -0.2) is 0 Å². The van der Waals surface area contributed by atoms with Crippen LogP contribution in [0.4, 0.5) is 0 Å². The maximum absolute atomic E-state index is 5.88. The molecule has 1 aliphatic heterocycles. The number of hydrogen-bond acceptors (Lipinski definition) is 6. The summed E-state index contributed by atoms with van der Waals surface area (Å²) in [7, 11) is 0. The van der Waals surface area contributed by atoms with Crippen LogP contribution in [0.15, 0.2) is 4.52 Å². The third-order valence-electron chi connectivity index (χ3n) is 4.09. The Kier molecular flexibility index (Phi) is 4.71. The quantitative estimate of drug-likeness (QED) is 0.926. The molecule has 3 atom stereocenters. The first-order valence-electron chi connectivity index (χ1n) is 7.11. The van der Waals surface area contributed by atoms with E-state index in [1.165, 1.54) is 30.8 Å². The normalized spacial score (nSPS) is 32.4. The molecule has 6 heteroatoms. The Hall–Kier alpha value is -0.200. The van der Waals surface area contributed by atoms with E-state index in [2.05, 4.69) is 10.1 Å². The molecular weight excluding hydrogens is 278 g/mol. The van der Waals surface area contributed by atoms with Crippen LogP contribution in [-0.4, -0.2) is 33.9 Å². The molecule has 0 spiro atoms. The van der Waals surface area contributed by atoms with Crippen molar-refractivity contribution in [1.82, 2.24) is 10.1 Å². The summed E-state index contributed by atoms with van der Waals surface area (Å²) in [4.78, 5) is 4.69. The van der Waals surface area contributed by atoms with E-state index in [1.807, 2.05) is 23.5 Å². The van der Waals surface area contributed by atoms with E-state index in [0.29, 0.717) is 17.1 Å². The molecule has 19 heavy (non-hydrogen) atoms. The van der Waals surface area contributed by atoms with E-state index >= 15 is 0 Å². The molecule has 2 fully saturated rings. The lowest BCUT2D eigenvalue weighted by molar-refractivity contribution is 0.249. The Balaban J connectivity index is 1.72. The summed E-state index contributed by atoms with van der Waals surface area (Å²) in [5.41, 5.74) is 5.88. The van der Waals surface area contributed by atoms with E-state index in [1.54, 1.807) is 0 Å². The Morgan fingerprint density at radius 1 is 1.26 bits per heavy atom. The largest absolute Gasteiger partial charge is 0.339 e. The molecule has 0 radical (unpaired) electrons. The second-order valence-electron chi connectivity index (χ2n) is 5.31. The summed E-state index contributed by atoms with van der Waals surface area (Å²) in [5, 5.41) is 4.64. The molecule has 2 heterocycles. The monoisotopic (exact) mass is 299 g/mol. The van der Waals surface area contributed by atoms with Gasteiger partial charge in [0.2, 0.25) is 5.89 Å². The lowest BCUT2D eigenvalue weighted by atomic mass is 9.79. The van der Waals surface area contributed by atoms with Gasteiger partial charge < -0.3 is 10.3 Å². The van der Waals surface area contributed by atoms with Gasteiger partial charge in [-0.1, -0.05) is 18.0 Å². The molecular formula is C13H21N3OS2. The minimum absolute atomic E-state index is 0.390. The first-order valence-corrected chi connectivity index (χ1v) is 9.31. The Bertz CT molecular complexity index is 406. The number of nitrogens with zero attached hydrogens (tertiary/aromatic N) is 2. The van der Waals surface area contributed by atoms with Gasteiger partial charge in [-0.05, 0) is 25.3 Å². The van der Waals surface area contributed by atoms with Gasteiger partial charge in [0.1, 0.15) is 0 Å². The lowest BCUT2D eigenvalue weighted by Gasteiger charge is -2.27. The Morgan fingerprint density at radius 3 is 2.95 bits per heavy atom. The fourth-order valence-corrected chi connectivity index (χ4v) is 5.57. The van der Waals surface area contributed by atoms with Crippen molar-refractivity contribution in [3.05, 3.63) is 11.7 Å². The minimum atomic E-state index is 0.390. The number of hydrogen-bond donors (Lipinski definition) is 1. The molecule has 1 aromatic heterocycles. The Morgan fingerprint density at radius 2 is 2.16 bits per heavy atom. The van der Waals surface area contributed by atoms with Crippen molar-refractivity contribution < 1.29 is 4.52 Å². The summed E-state index contributed by atoms with van der Waals surface area (Å²) < 4.78 is 5.55. The molecule has 3 unspecified atom stereocenters. The van der Waals surface area contributed by atoms with Crippen LogP contribution in [0.3, 0.4) is 0 Å². The van der Waals surface area contributed by atoms with Gasteiger partial charge in [0.15, 0.2) is 5.82 Å². The van der Waals surface area contributed by atoms with Crippen LogP contribution >= 0.6 is 23.5 Å². The average molecular weight is 299 g/mol. The highest BCUT2D eigenvalue weighted by Gasteiger charge is 2.31. The summed E-state index contributed by atoms with van der Waals surface area (Å²) in [6, 6.07) is 0. The van der Waals surface area contributed by atoms with E-state index in [9.17, 15) is 0 Å². The average Bonchev–Trinajstić information content (AvgIpc) is 2.98. The van der Waals surface area contributed by atoms with Crippen LogP contribution in [0.5, 0.6) is 0 Å². The van der Waals surface area contributed by atoms with Gasteiger partial charge >= 0.3 is 0 Å². The van der Waals surface area contributed by atoms with Gasteiger partial charge in [0, 0.05) is 23.2 Å². The minimum Gasteiger partial charge on any atom is -0.339 e. The van der Waals surface area contributed by atoms with Crippen molar-refractivity contribution in [3.63, 3.8) is 0 Å². The standard InChI is InChI=1S/C13H21N3OS2/c14-7-9-3-1-2-4-10(9)13-15-12(16-17-13)11-8-18-5-6-19-11/h9-11H,1-8,14H2. The van der Waals surface area contributed by atoms with Crippen molar-refractivity contribution in [2.45, 2.75) is 36.9 Å². The van der Waals surface area contributed by atoms with Crippen molar-refractivity contribution in [2.75, 3.05) is 23.8 Å². The third-order valence-corrected chi connectivity index (χ3v) is 6.84. The van der Waals surface area contributed by atoms with Crippen LogP contribution in [0.25, 0.3) is 0 Å². The fraction of sp³-hybridized carbons (Fsp3) is 0.846. The maximum Gasteiger partial charge on any atom is 0.230 e. The third kappa shape index (κ3) is 3.11. The summed E-state index contributed by atoms with van der Waals surface area (Å²) in [6.45, 7) is 0.733. The molecule has 1 saturated heterocycles. The smallest absolute Gasteiger partial charge is 0.230 e. The molecule has 0 aromatic carbocycles. The number of rotatable bonds is 3. The van der Waals surface area contributed by atoms with Gasteiger partial charge in [-0.2, -0.15) is 16.7 Å². The molecule has 2 aliphatic rings. The van der Waals surface area contributed by atoms with Gasteiger partial charge in [0.05, 0.1) is 5.25 Å². The highest BCUT2D eigenvalue weighted by atomic mass is 32.2. The molecule has 1 aliphatic carbocycles. The molecule has 106 valence electrons. The Labute approximate surface area is 122 Å². The predicted octanol–water partition coefficient (Wildman–Crippen LogP) is 2.82. The topological polar surface area (TPSA) is 64.9 Å². The first-order chi connectivity index (χ1) is 9.38. The van der Waals surface area contributed by atoms with Gasteiger partial charge in [-0.15, -0.1) is 11.8 Å². The van der Waals surface area contributed by atoms with Crippen LogP contribution in [0, 0.1) is 5.92 Å². The highest BCUT2D eigenvalue weighted by Crippen LogP contribution is 2.39. The zero-order valence-electron chi connectivity index (χ0n) is 11.1. The summed E-state index contributed by atoms with van der Waals surface area (Å²) in [6.07, 6.45) is 4.89. The number of nitrogens with two attached hydrogens (primary N) is 1. The van der Waals surface area contributed by atoms with Crippen LogP contribution in [0.2, 0.25) is 0 Å². The lowest BCUT2D eigenvalue weighted by Crippen LogP contribution is -2.25. The highest BCUT2D eigenvalue weighted by molar-refractivity contribution is 8.06. The van der Waals surface area contributed by atoms with Gasteiger partial charge in [0.25, 0.3) is 0 Å². The van der Waals surface area contributed by atoms with E-state index in [4.69, 9.17) is 10.3 Å². The van der Waals surface area contributed by atoms with E-state index < -0.39 is 0 Å². The summed E-state index contributed by atoms with van der Waals surface area (Å²) >= 11 is 3.94. The molecule has 0 bridgehead atoms. The van der Waals surface area contributed by atoms with Crippen LogP contribution < -0.4 is 5.73 Å². The molecule has 0 amide bonds. The predicted molar refractivity (Wildman–Crippen MR) is 80.6 cm³/mol. The first kappa shape index (κ1) is 13.8. The zero-order valence-corrected chi connectivity index (χ0v) is 12.7. The molecule has 1 aromatic rings. The van der Waals surface area contributed by atoms with Crippen molar-refractivity contribution in [3.8, 4) is 0 Å². The SMILES string of the molecule is NCC1CCCCC1c1nc(C2CSCCS2)no1. The second kappa shape index (κ2) is 6.50. The van der Waals surface area contributed by atoms with Gasteiger partial charge in [-0.3, -0.25) is 0 Å². The van der Waals surface area contributed by atoms with Crippen LogP contribution in [0.1, 0.15) is 48.6 Å². The fourth-order valence-electron chi connectivity index (χ4n) is 2.98. The van der Waals surface area contributed by atoms with Crippen molar-refractivity contribution in [2.24, 2.45) is 11.7 Å². The van der Waals surface area contributed by atoms with Crippen LogP contribution in [-0.2, 0) is 0 Å². The second-order valence-corrected chi connectivity index (χ2v) is 7.77. The van der Waals surface area contributed by atoms with E-state index in [-0.39, 0.29) is 0 Å². The van der Waals surface area contributed by atoms with Crippen molar-refractivity contribution >= 4 is 23.5 Å². The molecule has 1 saturated carbocycles. The zero-order chi connectivity index (χ0) is 13.1. The summed E-state index contributed by atoms with van der Waals surface area (Å²) in [5.74, 6) is 6.18. The molecule has 3 rings (SSSR count). The maximum atomic E-state index is 5.88. The van der Waals surface area contributed by atoms with Crippen molar-refractivity contribution in [1.29, 1.82) is 0 Å². The number of thioether (sulfide) groups is 2. The number of aromatic nitrogens is 2. The van der Waals surface area contributed by atoms with E-state index in [0.717, 1.165) is 30.4 Å².